The lowest BCUT2D eigenvalue weighted by Gasteiger charge is -2.14. The van der Waals surface area contributed by atoms with Crippen molar-refractivity contribution in [3.63, 3.8) is 0 Å². The monoisotopic (exact) mass is 312 g/mol. The van der Waals surface area contributed by atoms with Gasteiger partial charge in [0, 0.05) is 17.6 Å². The van der Waals surface area contributed by atoms with E-state index in [1.165, 1.54) is 17.7 Å². The van der Waals surface area contributed by atoms with E-state index >= 15 is 0 Å². The maximum Gasteiger partial charge on any atom is 0.254 e. The van der Waals surface area contributed by atoms with Gasteiger partial charge in [0.05, 0.1) is 5.56 Å². The molecule has 2 rings (SSSR count). The number of carbonyl (C=O) groups is 1. The van der Waals surface area contributed by atoms with Gasteiger partial charge in [-0.1, -0.05) is 27.6 Å². The molecule has 0 bridgehead atoms. The first kappa shape index (κ1) is 13.2. The van der Waals surface area contributed by atoms with Crippen LogP contribution in [0.15, 0.2) is 34.3 Å². The Labute approximate surface area is 114 Å². The zero-order valence-electron chi connectivity index (χ0n) is 9.80. The summed E-state index contributed by atoms with van der Waals surface area (Å²) < 4.78 is 14.2. The number of nitrogens with one attached hydrogen (secondary N) is 2. The average Bonchev–Trinajstić information content (AvgIpc) is 2.40. The molecule has 1 aromatic carbocycles. The quantitative estimate of drug-likeness (QED) is 0.840. The maximum absolute atomic E-state index is 13.5. The van der Waals surface area contributed by atoms with Gasteiger partial charge in [0.2, 0.25) is 0 Å². The van der Waals surface area contributed by atoms with Gasteiger partial charge in [-0.2, -0.15) is 0 Å². The summed E-state index contributed by atoms with van der Waals surface area (Å²) in [6.07, 6.45) is 2.97. The Bertz CT molecular complexity index is 488. The van der Waals surface area contributed by atoms with Crippen molar-refractivity contribution < 1.29 is 9.18 Å². The zero-order chi connectivity index (χ0) is 13.0. The molecule has 1 aromatic rings. The Morgan fingerprint density at radius 2 is 2.33 bits per heavy atom. The molecule has 3 nitrogen and oxygen atoms in total. The lowest BCUT2D eigenvalue weighted by atomic mass is 10.1. The molecule has 1 aliphatic heterocycles. The molecule has 2 N–H and O–H groups in total. The Hall–Kier alpha value is -1.20. The number of hydrogen-bond acceptors (Lipinski definition) is 2. The van der Waals surface area contributed by atoms with E-state index in [1.54, 1.807) is 6.07 Å². The summed E-state index contributed by atoms with van der Waals surface area (Å²) in [6, 6.07) is 4.34. The molecular formula is C13H14BrFN2O. The van der Waals surface area contributed by atoms with Crippen molar-refractivity contribution in [1.29, 1.82) is 0 Å². The highest BCUT2D eigenvalue weighted by molar-refractivity contribution is 9.10. The summed E-state index contributed by atoms with van der Waals surface area (Å²) in [5.41, 5.74) is 1.25. The van der Waals surface area contributed by atoms with E-state index in [9.17, 15) is 9.18 Å². The Morgan fingerprint density at radius 1 is 1.50 bits per heavy atom. The molecule has 0 saturated carbocycles. The van der Waals surface area contributed by atoms with Crippen LogP contribution >= 0.6 is 15.9 Å². The number of carbonyl (C=O) groups excluding carboxylic acids is 1. The second-order valence-corrected chi connectivity index (χ2v) is 5.04. The van der Waals surface area contributed by atoms with Gasteiger partial charge < -0.3 is 10.6 Å². The van der Waals surface area contributed by atoms with E-state index < -0.39 is 5.82 Å². The van der Waals surface area contributed by atoms with Crippen molar-refractivity contribution in [2.75, 3.05) is 19.6 Å². The summed E-state index contributed by atoms with van der Waals surface area (Å²) >= 11 is 3.23. The van der Waals surface area contributed by atoms with Crippen LogP contribution in [0.3, 0.4) is 0 Å². The van der Waals surface area contributed by atoms with Gasteiger partial charge in [-0.25, -0.2) is 4.39 Å². The summed E-state index contributed by atoms with van der Waals surface area (Å²) in [4.78, 5) is 11.8. The fraction of sp³-hybridized carbons (Fsp3) is 0.308. The van der Waals surface area contributed by atoms with Gasteiger partial charge >= 0.3 is 0 Å². The van der Waals surface area contributed by atoms with Crippen LogP contribution in [0.1, 0.15) is 16.8 Å². The third-order valence-electron chi connectivity index (χ3n) is 2.81. The third-order valence-corrected chi connectivity index (χ3v) is 3.30. The molecule has 0 aliphatic carbocycles. The summed E-state index contributed by atoms with van der Waals surface area (Å²) in [6.45, 7) is 2.23. The number of halogens is 2. The van der Waals surface area contributed by atoms with Crippen LogP contribution in [0, 0.1) is 5.82 Å². The topological polar surface area (TPSA) is 41.1 Å². The van der Waals surface area contributed by atoms with Crippen molar-refractivity contribution in [3.8, 4) is 0 Å². The fourth-order valence-electron chi connectivity index (χ4n) is 1.79. The molecule has 5 heteroatoms. The van der Waals surface area contributed by atoms with Crippen molar-refractivity contribution in [2.45, 2.75) is 6.42 Å². The lowest BCUT2D eigenvalue weighted by Crippen LogP contribution is -2.30. The van der Waals surface area contributed by atoms with Crippen molar-refractivity contribution in [2.24, 2.45) is 0 Å². The molecule has 0 fully saturated rings. The highest BCUT2D eigenvalue weighted by atomic mass is 79.9. The summed E-state index contributed by atoms with van der Waals surface area (Å²) in [7, 11) is 0. The minimum absolute atomic E-state index is 0.0684. The number of amides is 1. The van der Waals surface area contributed by atoms with E-state index in [0.717, 1.165) is 19.5 Å². The van der Waals surface area contributed by atoms with Gasteiger partial charge in [0.15, 0.2) is 0 Å². The van der Waals surface area contributed by atoms with Gasteiger partial charge in [-0.05, 0) is 31.2 Å². The van der Waals surface area contributed by atoms with Crippen LogP contribution in [0.2, 0.25) is 0 Å². The van der Waals surface area contributed by atoms with Crippen LogP contribution in [-0.4, -0.2) is 25.5 Å². The predicted octanol–water partition coefficient (Wildman–Crippen LogP) is 2.24. The average molecular weight is 313 g/mol. The van der Waals surface area contributed by atoms with E-state index in [0.29, 0.717) is 11.0 Å². The van der Waals surface area contributed by atoms with Crippen molar-refractivity contribution in [1.82, 2.24) is 10.6 Å². The third kappa shape index (κ3) is 3.40. The minimum Gasteiger partial charge on any atom is -0.348 e. The van der Waals surface area contributed by atoms with E-state index in [1.807, 2.05) is 0 Å². The lowest BCUT2D eigenvalue weighted by molar-refractivity contribution is 0.0952. The van der Waals surface area contributed by atoms with Crippen LogP contribution < -0.4 is 10.6 Å². The molecule has 0 radical (unpaired) electrons. The smallest absolute Gasteiger partial charge is 0.254 e. The molecule has 0 spiro atoms. The summed E-state index contributed by atoms with van der Waals surface area (Å²) in [5, 5.41) is 5.94. The van der Waals surface area contributed by atoms with Crippen LogP contribution in [0.5, 0.6) is 0 Å². The summed E-state index contributed by atoms with van der Waals surface area (Å²) in [5.74, 6) is -0.886. The van der Waals surface area contributed by atoms with E-state index in [-0.39, 0.29) is 11.5 Å². The van der Waals surface area contributed by atoms with Gasteiger partial charge in [-0.3, -0.25) is 4.79 Å². The first-order valence-corrected chi connectivity index (χ1v) is 6.58. The molecule has 0 atom stereocenters. The molecule has 1 heterocycles. The molecule has 0 aromatic heterocycles. The Kier molecular flexibility index (Phi) is 4.49. The SMILES string of the molecule is O=C(NCC1=CCNCC1)c1cc(Br)ccc1F. The van der Waals surface area contributed by atoms with Crippen LogP contribution in [0.25, 0.3) is 0 Å². The van der Waals surface area contributed by atoms with Crippen LogP contribution in [-0.2, 0) is 0 Å². The molecule has 1 amide bonds. The molecular weight excluding hydrogens is 299 g/mol. The predicted molar refractivity (Wildman–Crippen MR) is 72.0 cm³/mol. The van der Waals surface area contributed by atoms with Gasteiger partial charge in [0.25, 0.3) is 5.91 Å². The van der Waals surface area contributed by atoms with Gasteiger partial charge in [-0.15, -0.1) is 0 Å². The standard InChI is InChI=1S/C13H14BrFN2O/c14-10-1-2-12(15)11(7-10)13(18)17-8-9-3-5-16-6-4-9/h1-3,7,16H,4-6,8H2,(H,17,18). The van der Waals surface area contributed by atoms with Gasteiger partial charge in [0.1, 0.15) is 5.82 Å². The van der Waals surface area contributed by atoms with Crippen molar-refractivity contribution >= 4 is 21.8 Å². The molecule has 18 heavy (non-hydrogen) atoms. The molecule has 1 aliphatic rings. The van der Waals surface area contributed by atoms with Crippen LogP contribution in [0.4, 0.5) is 4.39 Å². The highest BCUT2D eigenvalue weighted by Crippen LogP contribution is 2.15. The molecule has 0 saturated heterocycles. The normalized spacial score (nSPS) is 15.1. The number of hydrogen-bond donors (Lipinski definition) is 2. The second kappa shape index (κ2) is 6.11. The number of benzene rings is 1. The van der Waals surface area contributed by atoms with E-state index in [4.69, 9.17) is 0 Å². The molecule has 0 unspecified atom stereocenters. The zero-order valence-corrected chi connectivity index (χ0v) is 11.4. The largest absolute Gasteiger partial charge is 0.348 e. The Morgan fingerprint density at radius 3 is 3.06 bits per heavy atom. The fourth-order valence-corrected chi connectivity index (χ4v) is 2.15. The highest BCUT2D eigenvalue weighted by Gasteiger charge is 2.12. The van der Waals surface area contributed by atoms with E-state index in [2.05, 4.69) is 32.6 Å². The second-order valence-electron chi connectivity index (χ2n) is 4.12. The number of rotatable bonds is 3. The maximum atomic E-state index is 13.5. The molecule has 96 valence electrons. The minimum atomic E-state index is -0.505. The first-order valence-electron chi connectivity index (χ1n) is 5.78. The first-order chi connectivity index (χ1) is 8.66. The van der Waals surface area contributed by atoms with Crippen molar-refractivity contribution in [3.05, 3.63) is 45.7 Å². The Balaban J connectivity index is 1.99.